The Kier molecular flexibility index (Phi) is 5.46. The van der Waals surface area contributed by atoms with Crippen LogP contribution in [-0.4, -0.2) is 24.4 Å². The summed E-state index contributed by atoms with van der Waals surface area (Å²) < 4.78 is 0. The number of quaternary nitrogens is 1. The van der Waals surface area contributed by atoms with E-state index in [-0.39, 0.29) is 30.4 Å². The van der Waals surface area contributed by atoms with Crippen LogP contribution in [0.3, 0.4) is 0 Å². The predicted octanol–water partition coefficient (Wildman–Crippen LogP) is 0.668. The van der Waals surface area contributed by atoms with Gasteiger partial charge in [0.1, 0.15) is 6.54 Å². The Balaban J connectivity index is 1.47. The van der Waals surface area contributed by atoms with Gasteiger partial charge in [0.05, 0.1) is 12.6 Å². The summed E-state index contributed by atoms with van der Waals surface area (Å²) in [4.78, 5) is 24.4. The lowest BCUT2D eigenvalue weighted by Gasteiger charge is -2.22. The molecular weight excluding hydrogens is 314 g/mol. The third-order valence-corrected chi connectivity index (χ3v) is 4.62. The first kappa shape index (κ1) is 17.2. The van der Waals surface area contributed by atoms with E-state index in [1.54, 1.807) is 0 Å². The Bertz CT molecular complexity index is 746. The minimum absolute atomic E-state index is 0.00198. The highest BCUT2D eigenvalue weighted by atomic mass is 16.2. The fourth-order valence-corrected chi connectivity index (χ4v) is 3.16. The van der Waals surface area contributed by atoms with Gasteiger partial charge in [0.2, 0.25) is 5.91 Å². The van der Waals surface area contributed by atoms with Crippen LogP contribution in [0.15, 0.2) is 54.6 Å². The van der Waals surface area contributed by atoms with Gasteiger partial charge in [-0.25, -0.2) is 0 Å². The molecule has 1 heterocycles. The van der Waals surface area contributed by atoms with E-state index in [0.29, 0.717) is 6.42 Å². The zero-order valence-corrected chi connectivity index (χ0v) is 14.4. The number of carbonyl (C=O) groups excluding carboxylic acids is 2. The van der Waals surface area contributed by atoms with Gasteiger partial charge in [0.25, 0.3) is 5.91 Å². The zero-order chi connectivity index (χ0) is 17.6. The molecule has 0 fully saturated rings. The Labute approximate surface area is 147 Å². The molecular formula is C20H24N3O2+. The van der Waals surface area contributed by atoms with Crippen LogP contribution in [0.4, 0.5) is 0 Å². The van der Waals surface area contributed by atoms with Crippen molar-refractivity contribution in [3.05, 3.63) is 71.3 Å². The maximum absolute atomic E-state index is 12.3. The van der Waals surface area contributed by atoms with E-state index in [2.05, 4.69) is 22.8 Å². The third kappa shape index (κ3) is 4.45. The number of carbonyl (C=O) groups is 2. The first-order valence-electron chi connectivity index (χ1n) is 8.65. The van der Waals surface area contributed by atoms with Crippen LogP contribution in [-0.2, 0) is 22.6 Å². The van der Waals surface area contributed by atoms with E-state index in [4.69, 9.17) is 0 Å². The molecule has 5 nitrogen and oxygen atoms in total. The molecule has 2 amide bonds. The highest BCUT2D eigenvalue weighted by Crippen LogP contribution is 2.13. The molecule has 130 valence electrons. The molecule has 0 spiro atoms. The number of nitrogens with one attached hydrogen (secondary N) is 2. The van der Waals surface area contributed by atoms with Crippen molar-refractivity contribution in [2.24, 2.45) is 0 Å². The number of fused-ring (bicyclic) bond motifs is 1. The second-order valence-corrected chi connectivity index (χ2v) is 6.44. The Hall–Kier alpha value is -2.66. The van der Waals surface area contributed by atoms with Crippen molar-refractivity contribution in [1.29, 1.82) is 0 Å². The SMILES string of the molecule is C[C@H](NC(=O)CNC(=O)[C@@H]1Cc2ccccc2C[NH2+]1)c1ccccc1. The van der Waals surface area contributed by atoms with Crippen LogP contribution in [0.5, 0.6) is 0 Å². The molecule has 0 aliphatic carbocycles. The van der Waals surface area contributed by atoms with Crippen molar-refractivity contribution >= 4 is 11.8 Å². The highest BCUT2D eigenvalue weighted by molar-refractivity contribution is 5.87. The summed E-state index contributed by atoms with van der Waals surface area (Å²) in [6.07, 6.45) is 0.698. The Morgan fingerprint density at radius 2 is 1.76 bits per heavy atom. The molecule has 25 heavy (non-hydrogen) atoms. The molecule has 2 atom stereocenters. The third-order valence-electron chi connectivity index (χ3n) is 4.62. The summed E-state index contributed by atoms with van der Waals surface area (Å²) in [6, 6.07) is 17.7. The van der Waals surface area contributed by atoms with E-state index in [0.717, 1.165) is 12.1 Å². The number of nitrogens with two attached hydrogens (primary N) is 1. The number of benzene rings is 2. The van der Waals surface area contributed by atoms with E-state index < -0.39 is 0 Å². The lowest BCUT2D eigenvalue weighted by molar-refractivity contribution is -0.695. The summed E-state index contributed by atoms with van der Waals surface area (Å²) in [7, 11) is 0. The van der Waals surface area contributed by atoms with Crippen LogP contribution in [0.2, 0.25) is 0 Å². The largest absolute Gasteiger partial charge is 0.348 e. The van der Waals surface area contributed by atoms with Gasteiger partial charge in [-0.3, -0.25) is 9.59 Å². The van der Waals surface area contributed by atoms with Crippen molar-refractivity contribution in [2.45, 2.75) is 32.0 Å². The van der Waals surface area contributed by atoms with Crippen molar-refractivity contribution < 1.29 is 14.9 Å². The first-order chi connectivity index (χ1) is 12.1. The summed E-state index contributed by atoms with van der Waals surface area (Å²) in [5.41, 5.74) is 3.53. The molecule has 0 saturated heterocycles. The van der Waals surface area contributed by atoms with Gasteiger partial charge in [-0.1, -0.05) is 54.6 Å². The van der Waals surface area contributed by atoms with Gasteiger partial charge >= 0.3 is 0 Å². The van der Waals surface area contributed by atoms with Gasteiger partial charge in [-0.05, 0) is 18.1 Å². The maximum atomic E-state index is 12.3. The first-order valence-corrected chi connectivity index (χ1v) is 8.65. The molecule has 5 heteroatoms. The topological polar surface area (TPSA) is 74.8 Å². The van der Waals surface area contributed by atoms with Gasteiger partial charge < -0.3 is 16.0 Å². The lowest BCUT2D eigenvalue weighted by atomic mass is 9.95. The molecule has 0 radical (unpaired) electrons. The molecule has 0 saturated carbocycles. The number of hydrogen-bond acceptors (Lipinski definition) is 2. The summed E-state index contributed by atoms with van der Waals surface area (Å²) in [5, 5.41) is 7.69. The molecule has 2 aromatic carbocycles. The molecule has 0 bridgehead atoms. The molecule has 3 rings (SSSR count). The quantitative estimate of drug-likeness (QED) is 0.749. The van der Waals surface area contributed by atoms with E-state index in [1.807, 2.05) is 54.7 Å². The van der Waals surface area contributed by atoms with Crippen molar-refractivity contribution in [1.82, 2.24) is 10.6 Å². The zero-order valence-electron chi connectivity index (χ0n) is 14.4. The average Bonchev–Trinajstić information content (AvgIpc) is 2.66. The maximum Gasteiger partial charge on any atom is 0.279 e. The summed E-state index contributed by atoms with van der Waals surface area (Å²) >= 11 is 0. The minimum atomic E-state index is -0.180. The number of hydrogen-bond donors (Lipinski definition) is 3. The van der Waals surface area contributed by atoms with Crippen molar-refractivity contribution in [3.8, 4) is 0 Å². The van der Waals surface area contributed by atoms with Crippen LogP contribution in [0.1, 0.15) is 29.7 Å². The smallest absolute Gasteiger partial charge is 0.279 e. The number of rotatable bonds is 5. The summed E-state index contributed by atoms with van der Waals surface area (Å²) in [5.74, 6) is -0.266. The van der Waals surface area contributed by atoms with E-state index in [9.17, 15) is 9.59 Å². The van der Waals surface area contributed by atoms with Crippen LogP contribution >= 0.6 is 0 Å². The second kappa shape index (κ2) is 7.94. The Morgan fingerprint density at radius 1 is 1.08 bits per heavy atom. The van der Waals surface area contributed by atoms with Gasteiger partial charge in [-0.15, -0.1) is 0 Å². The second-order valence-electron chi connectivity index (χ2n) is 6.44. The standard InChI is InChI=1S/C20H23N3O2/c1-14(15-7-3-2-4-8-15)23-19(24)13-22-20(25)18-11-16-9-5-6-10-17(16)12-21-18/h2-10,14,18,21H,11-13H2,1H3,(H,22,25)(H,23,24)/p+1/t14-,18-/m0/s1. The fourth-order valence-electron chi connectivity index (χ4n) is 3.16. The lowest BCUT2D eigenvalue weighted by Crippen LogP contribution is -2.93. The van der Waals surface area contributed by atoms with Gasteiger partial charge in [0.15, 0.2) is 6.04 Å². The monoisotopic (exact) mass is 338 g/mol. The van der Waals surface area contributed by atoms with Gasteiger partial charge in [0, 0.05) is 12.0 Å². The Morgan fingerprint density at radius 3 is 2.52 bits per heavy atom. The highest BCUT2D eigenvalue weighted by Gasteiger charge is 2.27. The van der Waals surface area contributed by atoms with Crippen LogP contribution in [0, 0.1) is 0 Å². The van der Waals surface area contributed by atoms with Crippen molar-refractivity contribution in [2.75, 3.05) is 6.54 Å². The molecule has 1 aliphatic rings. The molecule has 1 aliphatic heterocycles. The fraction of sp³-hybridized carbons (Fsp3) is 0.300. The van der Waals surface area contributed by atoms with Crippen LogP contribution in [0.25, 0.3) is 0 Å². The van der Waals surface area contributed by atoms with E-state index >= 15 is 0 Å². The van der Waals surface area contributed by atoms with Crippen LogP contribution < -0.4 is 16.0 Å². The summed E-state index contributed by atoms with van der Waals surface area (Å²) in [6.45, 7) is 2.73. The van der Waals surface area contributed by atoms with Gasteiger partial charge in [-0.2, -0.15) is 0 Å². The molecule has 4 N–H and O–H groups in total. The van der Waals surface area contributed by atoms with Crippen molar-refractivity contribution in [3.63, 3.8) is 0 Å². The molecule has 0 aromatic heterocycles. The average molecular weight is 338 g/mol. The molecule has 0 unspecified atom stereocenters. The normalized spacial score (nSPS) is 17.2. The minimum Gasteiger partial charge on any atom is -0.348 e. The molecule has 2 aromatic rings. The number of amides is 2. The predicted molar refractivity (Wildman–Crippen MR) is 95.6 cm³/mol. The van der Waals surface area contributed by atoms with E-state index in [1.165, 1.54) is 11.1 Å².